The third-order valence-electron chi connectivity index (χ3n) is 2.77. The summed E-state index contributed by atoms with van der Waals surface area (Å²) in [5.41, 5.74) is 0. The van der Waals surface area contributed by atoms with Gasteiger partial charge in [-0.05, 0) is 32.5 Å². The third-order valence-corrected chi connectivity index (χ3v) is 3.27. The highest BCUT2D eigenvalue weighted by atomic mass is 35.5. The topological polar surface area (TPSA) is 28.2 Å². The van der Waals surface area contributed by atoms with Crippen molar-refractivity contribution in [3.63, 3.8) is 0 Å². The van der Waals surface area contributed by atoms with Gasteiger partial charge in [-0.3, -0.25) is 0 Å². The quantitative estimate of drug-likeness (QED) is 0.886. The number of hydrogen-bond acceptors (Lipinski definition) is 3. The van der Waals surface area contributed by atoms with Crippen molar-refractivity contribution >= 4 is 29.0 Å². The molecule has 1 unspecified atom stereocenters. The van der Waals surface area contributed by atoms with Crippen molar-refractivity contribution in [3.05, 3.63) is 22.3 Å². The molecule has 0 bridgehead atoms. The molecule has 0 aromatic carbocycles. The molecule has 1 aromatic rings. The van der Waals surface area contributed by atoms with E-state index in [0.29, 0.717) is 16.1 Å². The zero-order valence-electron chi connectivity index (χ0n) is 9.21. The van der Waals surface area contributed by atoms with E-state index >= 15 is 0 Å². The smallest absolute Gasteiger partial charge is 0.145 e. The molecule has 1 aliphatic rings. The SMILES string of the molecule is CN1CCCC(Nc2ncc(Cl)cc2Cl)C1. The van der Waals surface area contributed by atoms with E-state index in [0.717, 1.165) is 18.8 Å². The van der Waals surface area contributed by atoms with Gasteiger partial charge in [0.1, 0.15) is 5.82 Å². The van der Waals surface area contributed by atoms with Crippen molar-refractivity contribution in [2.75, 3.05) is 25.5 Å². The van der Waals surface area contributed by atoms with Crippen LogP contribution in [0.5, 0.6) is 0 Å². The summed E-state index contributed by atoms with van der Waals surface area (Å²) in [5, 5.41) is 4.51. The van der Waals surface area contributed by atoms with Gasteiger partial charge in [-0.1, -0.05) is 23.2 Å². The van der Waals surface area contributed by atoms with Crippen LogP contribution in [0.15, 0.2) is 12.3 Å². The number of rotatable bonds is 2. The Kier molecular flexibility index (Phi) is 3.90. The Morgan fingerprint density at radius 2 is 2.31 bits per heavy atom. The number of aromatic nitrogens is 1. The first-order valence-corrected chi connectivity index (χ1v) is 6.17. The molecule has 0 saturated carbocycles. The molecule has 88 valence electrons. The van der Waals surface area contributed by atoms with Crippen molar-refractivity contribution in [3.8, 4) is 0 Å². The summed E-state index contributed by atoms with van der Waals surface area (Å²) in [6.07, 6.45) is 3.98. The molecule has 0 aliphatic carbocycles. The molecule has 2 rings (SSSR count). The fraction of sp³-hybridized carbons (Fsp3) is 0.545. The Bertz CT molecular complexity index is 370. The highest BCUT2D eigenvalue weighted by molar-refractivity contribution is 6.35. The van der Waals surface area contributed by atoms with Crippen molar-refractivity contribution in [2.45, 2.75) is 18.9 Å². The maximum Gasteiger partial charge on any atom is 0.145 e. The van der Waals surface area contributed by atoms with E-state index in [1.807, 2.05) is 0 Å². The van der Waals surface area contributed by atoms with E-state index in [9.17, 15) is 0 Å². The maximum absolute atomic E-state index is 6.06. The van der Waals surface area contributed by atoms with Gasteiger partial charge in [-0.2, -0.15) is 0 Å². The minimum absolute atomic E-state index is 0.421. The first-order valence-electron chi connectivity index (χ1n) is 5.41. The highest BCUT2D eigenvalue weighted by Gasteiger charge is 2.18. The predicted molar refractivity (Wildman–Crippen MR) is 68.4 cm³/mol. The van der Waals surface area contributed by atoms with Crippen molar-refractivity contribution < 1.29 is 0 Å². The van der Waals surface area contributed by atoms with E-state index in [1.165, 1.54) is 13.0 Å². The first-order chi connectivity index (χ1) is 7.65. The molecule has 1 saturated heterocycles. The van der Waals surface area contributed by atoms with Crippen molar-refractivity contribution in [2.24, 2.45) is 0 Å². The average molecular weight is 260 g/mol. The van der Waals surface area contributed by atoms with Gasteiger partial charge >= 0.3 is 0 Å². The second kappa shape index (κ2) is 5.21. The number of halogens is 2. The second-order valence-electron chi connectivity index (χ2n) is 4.23. The standard InChI is InChI=1S/C11H15Cl2N3/c1-16-4-2-3-9(7-16)15-11-10(13)5-8(12)6-14-11/h5-6,9H,2-4,7H2,1H3,(H,14,15). The zero-order chi connectivity index (χ0) is 11.5. The van der Waals surface area contributed by atoms with Crippen LogP contribution < -0.4 is 5.32 Å². The van der Waals surface area contributed by atoms with Crippen LogP contribution in [0.4, 0.5) is 5.82 Å². The molecule has 16 heavy (non-hydrogen) atoms. The molecule has 1 aliphatic heterocycles. The lowest BCUT2D eigenvalue weighted by Crippen LogP contribution is -2.39. The summed E-state index contributed by atoms with van der Waals surface area (Å²) < 4.78 is 0. The van der Waals surface area contributed by atoms with Crippen LogP contribution in [-0.4, -0.2) is 36.1 Å². The molecule has 1 atom stereocenters. The molecule has 1 fully saturated rings. The Morgan fingerprint density at radius 3 is 3.00 bits per heavy atom. The molecule has 2 heterocycles. The molecule has 0 spiro atoms. The van der Waals surface area contributed by atoms with Gasteiger partial charge in [0, 0.05) is 18.8 Å². The monoisotopic (exact) mass is 259 g/mol. The Hall–Kier alpha value is -0.510. The minimum atomic E-state index is 0.421. The maximum atomic E-state index is 6.06. The Labute approximate surface area is 106 Å². The van der Waals surface area contributed by atoms with Crippen molar-refractivity contribution in [1.82, 2.24) is 9.88 Å². The summed E-state index contributed by atoms with van der Waals surface area (Å²) in [4.78, 5) is 6.51. The van der Waals surface area contributed by atoms with E-state index in [4.69, 9.17) is 23.2 Å². The summed E-state index contributed by atoms with van der Waals surface area (Å²) in [6.45, 7) is 2.20. The molecule has 0 radical (unpaired) electrons. The Morgan fingerprint density at radius 1 is 1.50 bits per heavy atom. The minimum Gasteiger partial charge on any atom is -0.365 e. The van der Waals surface area contributed by atoms with E-state index in [1.54, 1.807) is 12.3 Å². The first kappa shape index (κ1) is 12.0. The third kappa shape index (κ3) is 3.00. The van der Waals surface area contributed by atoms with E-state index < -0.39 is 0 Å². The second-order valence-corrected chi connectivity index (χ2v) is 5.07. The number of likely N-dealkylation sites (N-methyl/N-ethyl adjacent to an activating group) is 1. The number of nitrogens with one attached hydrogen (secondary N) is 1. The molecular weight excluding hydrogens is 245 g/mol. The van der Waals surface area contributed by atoms with Crippen LogP contribution in [0.3, 0.4) is 0 Å². The fourth-order valence-corrected chi connectivity index (χ4v) is 2.43. The molecule has 5 heteroatoms. The zero-order valence-corrected chi connectivity index (χ0v) is 10.7. The number of hydrogen-bond donors (Lipinski definition) is 1. The summed E-state index contributed by atoms with van der Waals surface area (Å²) in [5.74, 6) is 0.728. The highest BCUT2D eigenvalue weighted by Crippen LogP contribution is 2.24. The van der Waals surface area contributed by atoms with Crippen molar-refractivity contribution in [1.29, 1.82) is 0 Å². The van der Waals surface area contributed by atoms with Crippen LogP contribution in [0, 0.1) is 0 Å². The number of anilines is 1. The van der Waals surface area contributed by atoms with Gasteiger partial charge < -0.3 is 10.2 Å². The molecule has 1 N–H and O–H groups in total. The number of nitrogens with zero attached hydrogens (tertiary/aromatic N) is 2. The predicted octanol–water partition coefficient (Wildman–Crippen LogP) is 2.89. The van der Waals surface area contributed by atoms with Gasteiger partial charge in [0.25, 0.3) is 0 Å². The lowest BCUT2D eigenvalue weighted by Gasteiger charge is -2.30. The van der Waals surface area contributed by atoms with Gasteiger partial charge in [0.05, 0.1) is 10.0 Å². The number of likely N-dealkylation sites (tertiary alicyclic amines) is 1. The summed E-state index contributed by atoms with van der Waals surface area (Å²) in [6, 6.07) is 2.13. The molecule has 1 aromatic heterocycles. The van der Waals surface area contributed by atoms with Gasteiger partial charge in [0.15, 0.2) is 0 Å². The molecular formula is C11H15Cl2N3. The van der Waals surface area contributed by atoms with Crippen LogP contribution in [0.2, 0.25) is 10.0 Å². The van der Waals surface area contributed by atoms with E-state index in [-0.39, 0.29) is 0 Å². The largest absolute Gasteiger partial charge is 0.365 e. The number of piperidine rings is 1. The average Bonchev–Trinajstić information content (AvgIpc) is 2.22. The lowest BCUT2D eigenvalue weighted by atomic mass is 10.1. The Balaban J connectivity index is 2.02. The number of pyridine rings is 1. The van der Waals surface area contributed by atoms with Crippen LogP contribution in [0.1, 0.15) is 12.8 Å². The normalized spacial score (nSPS) is 22.1. The summed E-state index contributed by atoms with van der Waals surface area (Å²) in [7, 11) is 2.13. The van der Waals surface area contributed by atoms with Gasteiger partial charge in [-0.15, -0.1) is 0 Å². The van der Waals surface area contributed by atoms with Gasteiger partial charge in [0.2, 0.25) is 0 Å². The van der Waals surface area contributed by atoms with Crippen LogP contribution in [-0.2, 0) is 0 Å². The fourth-order valence-electron chi connectivity index (χ4n) is 2.00. The lowest BCUT2D eigenvalue weighted by molar-refractivity contribution is 0.261. The molecule has 3 nitrogen and oxygen atoms in total. The van der Waals surface area contributed by atoms with E-state index in [2.05, 4.69) is 22.2 Å². The summed E-state index contributed by atoms with van der Waals surface area (Å²) >= 11 is 11.9. The van der Waals surface area contributed by atoms with Gasteiger partial charge in [-0.25, -0.2) is 4.98 Å². The van der Waals surface area contributed by atoms with Crippen LogP contribution >= 0.6 is 23.2 Å². The van der Waals surface area contributed by atoms with Crippen LogP contribution in [0.25, 0.3) is 0 Å². The molecule has 0 amide bonds.